The summed E-state index contributed by atoms with van der Waals surface area (Å²) in [7, 11) is 0. The number of amides is 2. The Bertz CT molecular complexity index is 463. The number of carbonyl (C=O) groups excluding carboxylic acids is 2. The lowest BCUT2D eigenvalue weighted by molar-refractivity contribution is 0.0649. The van der Waals surface area contributed by atoms with Crippen molar-refractivity contribution in [3.05, 3.63) is 29.6 Å². The molecule has 1 aromatic rings. The van der Waals surface area contributed by atoms with Gasteiger partial charge in [-0.1, -0.05) is 0 Å². The zero-order valence-electron chi connectivity index (χ0n) is 10.6. The molecule has 0 aromatic carbocycles. The third kappa shape index (κ3) is 3.42. The maximum Gasteiger partial charge on any atom is 0.272 e. The second kappa shape index (κ2) is 6.49. The number of hydrogen-bond acceptors (Lipinski definition) is 4. The lowest BCUT2D eigenvalue weighted by atomic mass is 10.2. The zero-order chi connectivity index (χ0) is 13.1. The van der Waals surface area contributed by atoms with Gasteiger partial charge in [-0.2, -0.15) is 0 Å². The first-order chi connectivity index (χ1) is 8.59. The van der Waals surface area contributed by atoms with Crippen LogP contribution in [0.3, 0.4) is 0 Å². The average molecular weight is 285 g/mol. The van der Waals surface area contributed by atoms with Crippen LogP contribution < -0.4 is 11.1 Å². The molecule has 1 atom stereocenters. The summed E-state index contributed by atoms with van der Waals surface area (Å²) in [5.74, 6) is -0.656. The zero-order valence-corrected chi connectivity index (χ0v) is 11.4. The van der Waals surface area contributed by atoms with E-state index in [4.69, 9.17) is 5.73 Å². The number of primary amides is 1. The van der Waals surface area contributed by atoms with E-state index in [1.165, 1.54) is 18.3 Å². The van der Waals surface area contributed by atoms with Gasteiger partial charge in [-0.05, 0) is 19.1 Å². The predicted octanol–water partition coefficient (Wildman–Crippen LogP) is 0.0362. The number of rotatable bonds is 2. The Hall–Kier alpha value is -1.66. The fourth-order valence-electron chi connectivity index (χ4n) is 1.96. The number of carbonyl (C=O) groups is 2. The molecule has 3 N–H and O–H groups in total. The third-order valence-corrected chi connectivity index (χ3v) is 3.03. The van der Waals surface area contributed by atoms with Crippen LogP contribution in [0.4, 0.5) is 0 Å². The van der Waals surface area contributed by atoms with Crippen LogP contribution in [0.1, 0.15) is 27.8 Å². The summed E-state index contributed by atoms with van der Waals surface area (Å²) in [6.07, 6.45) is 1.34. The van der Waals surface area contributed by atoms with Gasteiger partial charge in [-0.3, -0.25) is 14.6 Å². The Balaban J connectivity index is 0.00000180. The van der Waals surface area contributed by atoms with Gasteiger partial charge in [0.05, 0.1) is 5.56 Å². The number of hydrogen-bond donors (Lipinski definition) is 2. The molecule has 19 heavy (non-hydrogen) atoms. The molecule has 104 valence electrons. The predicted molar refractivity (Wildman–Crippen MR) is 73.4 cm³/mol. The quantitative estimate of drug-likeness (QED) is 0.802. The van der Waals surface area contributed by atoms with Crippen molar-refractivity contribution >= 4 is 24.2 Å². The van der Waals surface area contributed by atoms with Crippen LogP contribution in [-0.4, -0.2) is 47.4 Å². The molecule has 0 aliphatic carbocycles. The number of piperazine rings is 1. The molecule has 0 radical (unpaired) electrons. The van der Waals surface area contributed by atoms with Crippen LogP contribution >= 0.6 is 12.4 Å². The molecule has 1 saturated heterocycles. The average Bonchev–Trinajstić information content (AvgIpc) is 2.38. The summed E-state index contributed by atoms with van der Waals surface area (Å²) in [6.45, 7) is 4.22. The molecule has 1 aliphatic rings. The second-order valence-corrected chi connectivity index (χ2v) is 4.35. The monoisotopic (exact) mass is 284 g/mol. The van der Waals surface area contributed by atoms with Gasteiger partial charge in [-0.15, -0.1) is 12.4 Å². The second-order valence-electron chi connectivity index (χ2n) is 4.35. The molecule has 2 rings (SSSR count). The van der Waals surface area contributed by atoms with Gasteiger partial charge in [0.25, 0.3) is 5.91 Å². The molecule has 6 nitrogen and oxygen atoms in total. The summed E-state index contributed by atoms with van der Waals surface area (Å²) in [5.41, 5.74) is 5.77. The third-order valence-electron chi connectivity index (χ3n) is 3.03. The van der Waals surface area contributed by atoms with E-state index in [2.05, 4.69) is 10.3 Å². The van der Waals surface area contributed by atoms with E-state index in [0.29, 0.717) is 17.8 Å². The van der Waals surface area contributed by atoms with Gasteiger partial charge in [-0.25, -0.2) is 0 Å². The largest absolute Gasteiger partial charge is 0.366 e. The molecule has 2 heterocycles. The molecule has 1 aliphatic heterocycles. The standard InChI is InChI=1S/C12H16N4O2.ClH/c1-8-6-14-4-5-16(8)12(18)10-3-2-9(7-15-10)11(13)17;/h2-3,7-8,14H,4-6H2,1H3,(H2,13,17);1H/t8-;/m1./s1. The van der Waals surface area contributed by atoms with Crippen molar-refractivity contribution in [1.82, 2.24) is 15.2 Å². The van der Waals surface area contributed by atoms with Crippen molar-refractivity contribution in [3.8, 4) is 0 Å². The molecule has 2 amide bonds. The maximum absolute atomic E-state index is 12.2. The van der Waals surface area contributed by atoms with Crippen molar-refractivity contribution in [2.75, 3.05) is 19.6 Å². The number of nitrogens with zero attached hydrogens (tertiary/aromatic N) is 2. The highest BCUT2D eigenvalue weighted by Crippen LogP contribution is 2.09. The Labute approximate surface area is 117 Å². The summed E-state index contributed by atoms with van der Waals surface area (Å²) in [4.78, 5) is 28.9. The molecule has 0 saturated carbocycles. The molecular weight excluding hydrogens is 268 g/mol. The first-order valence-corrected chi connectivity index (χ1v) is 5.87. The fourth-order valence-corrected chi connectivity index (χ4v) is 1.96. The van der Waals surface area contributed by atoms with E-state index in [1.54, 1.807) is 4.90 Å². The van der Waals surface area contributed by atoms with E-state index < -0.39 is 5.91 Å². The Morgan fingerprint density at radius 1 is 1.47 bits per heavy atom. The normalized spacial score (nSPS) is 18.6. The van der Waals surface area contributed by atoms with Gasteiger partial charge >= 0.3 is 0 Å². The van der Waals surface area contributed by atoms with Crippen molar-refractivity contribution in [2.45, 2.75) is 13.0 Å². The highest BCUT2D eigenvalue weighted by Gasteiger charge is 2.24. The van der Waals surface area contributed by atoms with Crippen LogP contribution in [0.2, 0.25) is 0 Å². The van der Waals surface area contributed by atoms with E-state index in [1.807, 2.05) is 6.92 Å². The van der Waals surface area contributed by atoms with E-state index in [9.17, 15) is 9.59 Å². The molecule has 7 heteroatoms. The van der Waals surface area contributed by atoms with Crippen LogP contribution in [0.15, 0.2) is 18.3 Å². The fraction of sp³-hybridized carbons (Fsp3) is 0.417. The molecule has 1 fully saturated rings. The number of pyridine rings is 1. The summed E-state index contributed by atoms with van der Waals surface area (Å²) in [6, 6.07) is 3.20. The van der Waals surface area contributed by atoms with Crippen molar-refractivity contribution < 1.29 is 9.59 Å². The SMILES string of the molecule is C[C@@H]1CNCCN1C(=O)c1ccc(C(N)=O)cn1.Cl. The minimum absolute atomic E-state index is 0. The minimum atomic E-state index is -0.544. The highest BCUT2D eigenvalue weighted by atomic mass is 35.5. The van der Waals surface area contributed by atoms with E-state index >= 15 is 0 Å². The number of nitrogens with one attached hydrogen (secondary N) is 1. The van der Waals surface area contributed by atoms with Gasteiger partial charge in [0, 0.05) is 31.9 Å². The van der Waals surface area contributed by atoms with Crippen LogP contribution in [0, 0.1) is 0 Å². The number of aromatic nitrogens is 1. The maximum atomic E-state index is 12.2. The minimum Gasteiger partial charge on any atom is -0.366 e. The van der Waals surface area contributed by atoms with E-state index in [0.717, 1.165) is 13.1 Å². The van der Waals surface area contributed by atoms with Gasteiger partial charge in [0.15, 0.2) is 0 Å². The van der Waals surface area contributed by atoms with Crippen molar-refractivity contribution in [1.29, 1.82) is 0 Å². The summed E-state index contributed by atoms with van der Waals surface area (Å²) in [5, 5.41) is 3.22. The first kappa shape index (κ1) is 15.4. The van der Waals surface area contributed by atoms with Gasteiger partial charge in [0.2, 0.25) is 5.91 Å². The topological polar surface area (TPSA) is 88.3 Å². The molecule has 0 unspecified atom stereocenters. The first-order valence-electron chi connectivity index (χ1n) is 5.87. The smallest absolute Gasteiger partial charge is 0.272 e. The number of halogens is 1. The van der Waals surface area contributed by atoms with Crippen LogP contribution in [-0.2, 0) is 0 Å². The molecule has 0 spiro atoms. The van der Waals surface area contributed by atoms with Crippen molar-refractivity contribution in [3.63, 3.8) is 0 Å². The lowest BCUT2D eigenvalue weighted by Gasteiger charge is -2.33. The lowest BCUT2D eigenvalue weighted by Crippen LogP contribution is -2.52. The van der Waals surface area contributed by atoms with Gasteiger partial charge in [0.1, 0.15) is 5.69 Å². The summed E-state index contributed by atoms with van der Waals surface area (Å²) < 4.78 is 0. The molecular formula is C12H17ClN4O2. The number of nitrogens with two attached hydrogens (primary N) is 1. The Morgan fingerprint density at radius 3 is 2.74 bits per heavy atom. The van der Waals surface area contributed by atoms with Gasteiger partial charge < -0.3 is 16.0 Å². The van der Waals surface area contributed by atoms with Crippen LogP contribution in [0.5, 0.6) is 0 Å². The Kier molecular flexibility index (Phi) is 5.26. The van der Waals surface area contributed by atoms with Crippen LogP contribution in [0.25, 0.3) is 0 Å². The van der Waals surface area contributed by atoms with E-state index in [-0.39, 0.29) is 24.4 Å². The highest BCUT2D eigenvalue weighted by molar-refractivity contribution is 5.95. The van der Waals surface area contributed by atoms with Crippen molar-refractivity contribution in [2.24, 2.45) is 5.73 Å². The molecule has 0 bridgehead atoms. The summed E-state index contributed by atoms with van der Waals surface area (Å²) >= 11 is 0. The Morgan fingerprint density at radius 2 is 2.21 bits per heavy atom. The molecule has 1 aromatic heterocycles.